The van der Waals surface area contributed by atoms with E-state index in [9.17, 15) is 69.5 Å². The fraction of sp³-hybridized carbons (Fsp3) is 1.00. The van der Waals surface area contributed by atoms with Crippen LogP contribution in [0.1, 0.15) is 48.0 Å². The van der Waals surface area contributed by atoms with Gasteiger partial charge in [-0.25, -0.2) is 16.8 Å². The summed E-state index contributed by atoms with van der Waals surface area (Å²) in [4.78, 5) is 3.31. The Hall–Kier alpha value is -1.06. The van der Waals surface area contributed by atoms with Gasteiger partial charge in [-0.2, -0.15) is 57.0 Å². The molecule has 0 saturated carbocycles. The highest BCUT2D eigenvalue weighted by Gasteiger charge is 2.76. The minimum atomic E-state index is -6.04. The number of hydrogen-bond donors (Lipinski definition) is 0. The summed E-state index contributed by atoms with van der Waals surface area (Å²) in [6, 6.07) is 0. The second-order valence-electron chi connectivity index (χ2n) is 13.1. The van der Waals surface area contributed by atoms with E-state index >= 15 is 0 Å². The molecule has 0 N–H and O–H groups in total. The van der Waals surface area contributed by atoms with Crippen molar-refractivity contribution >= 4 is 19.9 Å². The zero-order chi connectivity index (χ0) is 37.3. The maximum absolute atomic E-state index is 13.7. The molecule has 0 saturated heterocycles. The van der Waals surface area contributed by atoms with Crippen molar-refractivity contribution in [2.45, 2.75) is 82.2 Å². The van der Waals surface area contributed by atoms with Gasteiger partial charge in [0.05, 0.1) is 5.75 Å². The summed E-state index contributed by atoms with van der Waals surface area (Å²) < 4.78 is 205. The van der Waals surface area contributed by atoms with Gasteiger partial charge < -0.3 is 9.80 Å². The van der Waals surface area contributed by atoms with E-state index in [0.29, 0.717) is 13.6 Å². The minimum Gasteiger partial charge on any atom is -0.309 e. The molecule has 0 amide bonds. The number of hydrogen-bond acceptors (Lipinski definition) is 6. The average Bonchev–Trinajstić information content (AvgIpc) is 2.74. The summed E-state index contributed by atoms with van der Waals surface area (Å²) >= 11 is 0. The van der Waals surface area contributed by atoms with Crippen LogP contribution in [0, 0.1) is 10.8 Å². The van der Waals surface area contributed by atoms with E-state index in [1.807, 2.05) is 0 Å². The standard InChI is InChI=1S/C12H22F6N2O2S.C12H21F6NO2S/c1-9(2,7-19(4)5)8-20(6)23(21,22)12(17,18)11(15,16)10(3,13)14;1-9(2,8-19(4)5)6-7-22(20,21)12(17,18)11(15,16)10(3,13)14/h7-8H2,1-6H3;6-8H2,1-5H3. The predicted molar refractivity (Wildman–Crippen MR) is 146 cm³/mol. The molecule has 45 heavy (non-hydrogen) atoms. The third-order valence-electron chi connectivity index (χ3n) is 6.15. The van der Waals surface area contributed by atoms with Crippen molar-refractivity contribution < 1.29 is 69.5 Å². The zero-order valence-electron chi connectivity index (χ0n) is 26.9. The van der Waals surface area contributed by atoms with Crippen molar-refractivity contribution in [1.29, 1.82) is 0 Å². The molecule has 0 radical (unpaired) electrons. The first kappa shape index (κ1) is 46.1. The Balaban J connectivity index is 0. The van der Waals surface area contributed by atoms with Crippen LogP contribution >= 0.6 is 0 Å². The van der Waals surface area contributed by atoms with Gasteiger partial charge in [0.2, 0.25) is 9.84 Å². The first-order valence-electron chi connectivity index (χ1n) is 12.9. The van der Waals surface area contributed by atoms with E-state index in [2.05, 4.69) is 0 Å². The number of sulfone groups is 1. The van der Waals surface area contributed by atoms with E-state index < -0.39 is 91.0 Å². The Kier molecular flexibility index (Phi) is 14.5. The highest BCUT2D eigenvalue weighted by Crippen LogP contribution is 2.50. The summed E-state index contributed by atoms with van der Waals surface area (Å²) in [6.45, 7) is 5.33. The molecule has 0 aromatic heterocycles. The van der Waals surface area contributed by atoms with Gasteiger partial charge in [-0.15, -0.1) is 0 Å². The normalized spacial score (nSPS) is 15.5. The summed E-state index contributed by atoms with van der Waals surface area (Å²) in [6.07, 6.45) is -0.367. The van der Waals surface area contributed by atoms with Crippen molar-refractivity contribution in [3.8, 4) is 0 Å². The van der Waals surface area contributed by atoms with Crippen molar-refractivity contribution in [1.82, 2.24) is 14.1 Å². The van der Waals surface area contributed by atoms with Gasteiger partial charge in [0, 0.05) is 40.5 Å². The first-order chi connectivity index (χ1) is 19.2. The highest BCUT2D eigenvalue weighted by molar-refractivity contribution is 7.92. The first-order valence-corrected chi connectivity index (χ1v) is 16.0. The molecule has 0 aromatic rings. The largest absolute Gasteiger partial charge is 0.427 e. The third-order valence-corrected chi connectivity index (χ3v) is 9.78. The summed E-state index contributed by atoms with van der Waals surface area (Å²) in [5.74, 6) is -23.7. The summed E-state index contributed by atoms with van der Waals surface area (Å²) in [5.41, 5.74) is -1.64. The lowest BCUT2D eigenvalue weighted by molar-refractivity contribution is -0.272. The fourth-order valence-electron chi connectivity index (χ4n) is 4.13. The molecule has 0 spiro atoms. The van der Waals surface area contributed by atoms with E-state index in [0.717, 1.165) is 0 Å². The van der Waals surface area contributed by atoms with Crippen LogP contribution < -0.4 is 0 Å². The van der Waals surface area contributed by atoms with Crippen LogP contribution in [0.4, 0.5) is 52.7 Å². The Morgan fingerprint density at radius 3 is 1.11 bits per heavy atom. The van der Waals surface area contributed by atoms with Crippen LogP contribution in [0.3, 0.4) is 0 Å². The quantitative estimate of drug-likeness (QED) is 0.182. The lowest BCUT2D eigenvalue weighted by atomic mass is 9.90. The lowest BCUT2D eigenvalue weighted by Crippen LogP contribution is -2.60. The molecule has 7 nitrogen and oxygen atoms in total. The van der Waals surface area contributed by atoms with Crippen molar-refractivity contribution in [2.75, 3.05) is 60.6 Å². The number of sulfonamides is 1. The second kappa shape index (κ2) is 14.2. The Morgan fingerprint density at radius 2 is 0.800 bits per heavy atom. The van der Waals surface area contributed by atoms with Crippen LogP contribution in [0.15, 0.2) is 0 Å². The van der Waals surface area contributed by atoms with E-state index in [1.54, 1.807) is 51.8 Å². The Morgan fingerprint density at radius 1 is 0.489 bits per heavy atom. The molecule has 0 rings (SSSR count). The van der Waals surface area contributed by atoms with Crippen LogP contribution in [0.5, 0.6) is 0 Å². The molecule has 21 heteroatoms. The number of nitrogens with zero attached hydrogens (tertiary/aromatic N) is 3. The van der Waals surface area contributed by atoms with Crippen LogP contribution in [0.2, 0.25) is 0 Å². The summed E-state index contributed by atoms with van der Waals surface area (Å²) in [5, 5.41) is -11.8. The lowest BCUT2D eigenvalue weighted by Gasteiger charge is -2.36. The SMILES string of the molecule is CN(C)CC(C)(C)CCS(=O)(=O)C(F)(F)C(F)(F)C(C)(F)F.CN(C)CC(C)(C)CN(C)S(=O)(=O)C(F)(F)C(F)(F)C(C)(F)F. The maximum Gasteiger partial charge on any atom is 0.427 e. The number of halogens is 12. The fourth-order valence-corrected chi connectivity index (χ4v) is 7.19. The van der Waals surface area contributed by atoms with Gasteiger partial charge in [-0.05, 0) is 45.4 Å². The molecular weight excluding hydrogens is 686 g/mol. The molecule has 274 valence electrons. The third kappa shape index (κ3) is 11.0. The molecule has 0 unspecified atom stereocenters. The molecule has 0 aromatic carbocycles. The van der Waals surface area contributed by atoms with Crippen molar-refractivity contribution in [2.24, 2.45) is 10.8 Å². The molecule has 0 aliphatic carbocycles. The smallest absolute Gasteiger partial charge is 0.309 e. The van der Waals surface area contributed by atoms with Gasteiger partial charge in [0.15, 0.2) is 0 Å². The monoisotopic (exact) mass is 729 g/mol. The molecule has 0 fully saturated rings. The number of alkyl halides is 12. The van der Waals surface area contributed by atoms with Crippen molar-refractivity contribution in [3.63, 3.8) is 0 Å². The maximum atomic E-state index is 13.7. The minimum absolute atomic E-state index is 0.00382. The molecule has 0 heterocycles. The van der Waals surface area contributed by atoms with Crippen LogP contribution in [-0.4, -0.2) is 126 Å². The van der Waals surface area contributed by atoms with Gasteiger partial charge in [0.1, 0.15) is 0 Å². The molecule has 0 bridgehead atoms. The Labute approximate surface area is 257 Å². The van der Waals surface area contributed by atoms with E-state index in [4.69, 9.17) is 0 Å². The molecular formula is C24H43F12N3O4S2. The second-order valence-corrected chi connectivity index (χ2v) is 17.3. The van der Waals surface area contributed by atoms with Crippen LogP contribution in [0.25, 0.3) is 0 Å². The average molecular weight is 730 g/mol. The van der Waals surface area contributed by atoms with Gasteiger partial charge in [0.25, 0.3) is 10.0 Å². The van der Waals surface area contributed by atoms with Gasteiger partial charge >= 0.3 is 34.2 Å². The van der Waals surface area contributed by atoms with Crippen molar-refractivity contribution in [3.05, 3.63) is 0 Å². The van der Waals surface area contributed by atoms with Gasteiger partial charge in [-0.3, -0.25) is 0 Å². The van der Waals surface area contributed by atoms with E-state index in [1.165, 1.54) is 13.8 Å². The summed E-state index contributed by atoms with van der Waals surface area (Å²) in [7, 11) is -4.47. The van der Waals surface area contributed by atoms with Crippen LogP contribution in [-0.2, 0) is 19.9 Å². The molecule has 0 aliphatic heterocycles. The predicted octanol–water partition coefficient (Wildman–Crippen LogP) is 5.98. The van der Waals surface area contributed by atoms with E-state index in [-0.39, 0.29) is 17.3 Å². The highest BCUT2D eigenvalue weighted by atomic mass is 32.2. The molecule has 0 aliphatic rings. The zero-order valence-corrected chi connectivity index (χ0v) is 28.5. The Bertz CT molecular complexity index is 1180. The van der Waals surface area contributed by atoms with Gasteiger partial charge in [-0.1, -0.05) is 27.7 Å². The number of rotatable bonds is 16. The molecule has 0 atom stereocenters. The topological polar surface area (TPSA) is 78.0 Å².